The second kappa shape index (κ2) is 10.2. The molecule has 2 N–H and O–H groups in total. The number of halogens is 1. The molecule has 0 aliphatic carbocycles. The first-order valence-electron chi connectivity index (χ1n) is 11.6. The Balaban J connectivity index is 1.51. The molecule has 0 bridgehead atoms. The van der Waals surface area contributed by atoms with E-state index < -0.39 is 36.0 Å². The third-order valence-corrected chi connectivity index (χ3v) is 6.41. The van der Waals surface area contributed by atoms with Gasteiger partial charge in [-0.1, -0.05) is 54.1 Å². The summed E-state index contributed by atoms with van der Waals surface area (Å²) in [5.41, 5.74) is 2.03. The van der Waals surface area contributed by atoms with Crippen LogP contribution in [0.1, 0.15) is 35.2 Å². The molecule has 4 rings (SSSR count). The fraction of sp³-hybridized carbons (Fsp3) is 0.250. The van der Waals surface area contributed by atoms with Crippen LogP contribution in [0.15, 0.2) is 72.8 Å². The van der Waals surface area contributed by atoms with E-state index in [0.717, 1.165) is 21.6 Å². The summed E-state index contributed by atoms with van der Waals surface area (Å²) in [5, 5.41) is 5.65. The Kier molecular flexibility index (Phi) is 7.05. The number of urea groups is 1. The van der Waals surface area contributed by atoms with Gasteiger partial charge in [0, 0.05) is 0 Å². The van der Waals surface area contributed by atoms with Gasteiger partial charge in [0.1, 0.15) is 23.7 Å². The van der Waals surface area contributed by atoms with Crippen molar-refractivity contribution in [1.29, 1.82) is 0 Å². The standard InChI is InChI=1S/C28H28FN3O4/c1-18-4-10-21(11-5-18)28(2)26(34)32(27(35)31-28)17-25(33)30-24(16-19-6-12-22(29)13-7-19)20-8-14-23(36-3)15-9-20/h4-15,24H,16-17H2,1-3H3,(H,30,33)(H,31,35). The predicted octanol–water partition coefficient (Wildman–Crippen LogP) is 4.01. The molecule has 0 spiro atoms. The number of rotatable bonds is 8. The number of carbonyl (C=O) groups is 3. The second-order valence-corrected chi connectivity index (χ2v) is 9.04. The maximum absolute atomic E-state index is 13.4. The molecule has 1 aliphatic heterocycles. The normalized spacial score (nSPS) is 18.1. The Bertz CT molecular complexity index is 1260. The van der Waals surface area contributed by atoms with E-state index in [2.05, 4.69) is 10.6 Å². The first-order valence-corrected chi connectivity index (χ1v) is 11.6. The zero-order valence-electron chi connectivity index (χ0n) is 20.4. The molecule has 8 heteroatoms. The molecule has 1 fully saturated rings. The van der Waals surface area contributed by atoms with Gasteiger partial charge in [-0.05, 0) is 61.2 Å². The van der Waals surface area contributed by atoms with Crippen LogP contribution in [0.2, 0.25) is 0 Å². The van der Waals surface area contributed by atoms with Gasteiger partial charge in [-0.3, -0.25) is 14.5 Å². The highest BCUT2D eigenvalue weighted by Crippen LogP contribution is 2.29. The summed E-state index contributed by atoms with van der Waals surface area (Å²) in [6, 6.07) is 19.5. The van der Waals surface area contributed by atoms with Crippen molar-refractivity contribution in [2.45, 2.75) is 31.8 Å². The average Bonchev–Trinajstić information content (AvgIpc) is 3.09. The smallest absolute Gasteiger partial charge is 0.325 e. The molecule has 2 atom stereocenters. The number of imide groups is 1. The van der Waals surface area contributed by atoms with Crippen LogP contribution in [0.4, 0.5) is 9.18 Å². The van der Waals surface area contributed by atoms with Gasteiger partial charge in [0.05, 0.1) is 13.2 Å². The van der Waals surface area contributed by atoms with E-state index in [1.807, 2.05) is 31.2 Å². The summed E-state index contributed by atoms with van der Waals surface area (Å²) in [5.74, 6) is -0.667. The highest BCUT2D eigenvalue weighted by atomic mass is 19.1. The molecule has 4 amide bonds. The molecule has 0 aromatic heterocycles. The lowest BCUT2D eigenvalue weighted by atomic mass is 9.91. The van der Waals surface area contributed by atoms with Crippen LogP contribution >= 0.6 is 0 Å². The van der Waals surface area contributed by atoms with Crippen molar-refractivity contribution in [2.75, 3.05) is 13.7 Å². The number of amides is 4. The Labute approximate surface area is 209 Å². The monoisotopic (exact) mass is 489 g/mol. The lowest BCUT2D eigenvalue weighted by molar-refractivity contribution is -0.135. The van der Waals surface area contributed by atoms with Crippen molar-refractivity contribution in [1.82, 2.24) is 15.5 Å². The quantitative estimate of drug-likeness (QED) is 0.468. The van der Waals surface area contributed by atoms with E-state index in [1.54, 1.807) is 50.4 Å². The zero-order valence-corrected chi connectivity index (χ0v) is 20.4. The Morgan fingerprint density at radius 3 is 2.28 bits per heavy atom. The van der Waals surface area contributed by atoms with Crippen LogP contribution in [0.5, 0.6) is 5.75 Å². The minimum absolute atomic E-state index is 0.348. The number of ether oxygens (including phenoxy) is 1. The summed E-state index contributed by atoms with van der Waals surface area (Å²) in [6.07, 6.45) is 0.388. The van der Waals surface area contributed by atoms with Gasteiger partial charge in [0.25, 0.3) is 5.91 Å². The molecule has 1 heterocycles. The van der Waals surface area contributed by atoms with Crippen molar-refractivity contribution in [3.8, 4) is 5.75 Å². The van der Waals surface area contributed by atoms with Crippen LogP contribution in [0, 0.1) is 12.7 Å². The zero-order chi connectivity index (χ0) is 25.9. The summed E-state index contributed by atoms with van der Waals surface area (Å²) in [4.78, 5) is 39.9. The highest BCUT2D eigenvalue weighted by molar-refractivity contribution is 6.09. The van der Waals surface area contributed by atoms with E-state index in [9.17, 15) is 18.8 Å². The molecule has 3 aromatic rings. The van der Waals surface area contributed by atoms with E-state index in [1.165, 1.54) is 12.1 Å². The lowest BCUT2D eigenvalue weighted by Crippen LogP contribution is -2.44. The van der Waals surface area contributed by atoms with E-state index in [-0.39, 0.29) is 5.82 Å². The summed E-state index contributed by atoms with van der Waals surface area (Å²) in [6.45, 7) is 3.13. The van der Waals surface area contributed by atoms with Crippen molar-refractivity contribution in [3.63, 3.8) is 0 Å². The van der Waals surface area contributed by atoms with Crippen LogP contribution in [0.25, 0.3) is 0 Å². The summed E-state index contributed by atoms with van der Waals surface area (Å²) in [7, 11) is 1.56. The first kappa shape index (κ1) is 24.9. The van der Waals surface area contributed by atoms with Gasteiger partial charge in [0.15, 0.2) is 0 Å². The molecule has 0 radical (unpaired) electrons. The SMILES string of the molecule is COc1ccc(C(Cc2ccc(F)cc2)NC(=O)CN2C(=O)NC(C)(c3ccc(C)cc3)C2=O)cc1. The van der Waals surface area contributed by atoms with Crippen molar-refractivity contribution >= 4 is 17.8 Å². The average molecular weight is 490 g/mol. The maximum Gasteiger partial charge on any atom is 0.325 e. The molecule has 36 heavy (non-hydrogen) atoms. The Hall–Kier alpha value is -4.20. The molecule has 186 valence electrons. The number of nitrogens with one attached hydrogen (secondary N) is 2. The molecule has 1 saturated heterocycles. The molecule has 2 unspecified atom stereocenters. The van der Waals surface area contributed by atoms with Crippen molar-refractivity contribution in [2.24, 2.45) is 0 Å². The number of nitrogens with zero attached hydrogens (tertiary/aromatic N) is 1. The van der Waals surface area contributed by atoms with E-state index >= 15 is 0 Å². The largest absolute Gasteiger partial charge is 0.497 e. The Morgan fingerprint density at radius 2 is 1.67 bits per heavy atom. The van der Waals surface area contributed by atoms with Crippen molar-refractivity contribution in [3.05, 3.63) is 101 Å². The van der Waals surface area contributed by atoms with Gasteiger partial charge >= 0.3 is 6.03 Å². The molecule has 0 saturated carbocycles. The van der Waals surface area contributed by atoms with E-state index in [0.29, 0.717) is 17.7 Å². The van der Waals surface area contributed by atoms with Gasteiger partial charge in [-0.25, -0.2) is 9.18 Å². The molecule has 7 nitrogen and oxygen atoms in total. The number of carbonyl (C=O) groups excluding carboxylic acids is 3. The molecule has 1 aliphatic rings. The number of hydrogen-bond acceptors (Lipinski definition) is 4. The number of hydrogen-bond donors (Lipinski definition) is 2. The first-order chi connectivity index (χ1) is 17.2. The fourth-order valence-corrected chi connectivity index (χ4v) is 4.25. The maximum atomic E-state index is 13.4. The van der Waals surface area contributed by atoms with Crippen LogP contribution < -0.4 is 15.4 Å². The molecular weight excluding hydrogens is 461 g/mol. The number of benzene rings is 3. The van der Waals surface area contributed by atoms with Gasteiger partial charge in [0.2, 0.25) is 5.91 Å². The predicted molar refractivity (Wildman–Crippen MR) is 133 cm³/mol. The van der Waals surface area contributed by atoms with E-state index in [4.69, 9.17) is 4.74 Å². The fourth-order valence-electron chi connectivity index (χ4n) is 4.25. The van der Waals surface area contributed by atoms with Crippen LogP contribution in [-0.2, 0) is 21.5 Å². The van der Waals surface area contributed by atoms with Crippen molar-refractivity contribution < 1.29 is 23.5 Å². The topological polar surface area (TPSA) is 87.7 Å². The van der Waals surface area contributed by atoms with Gasteiger partial charge in [-0.2, -0.15) is 0 Å². The minimum Gasteiger partial charge on any atom is -0.497 e. The number of aryl methyl sites for hydroxylation is 1. The summed E-state index contributed by atoms with van der Waals surface area (Å²) < 4.78 is 18.6. The molecular formula is C28H28FN3O4. The molecule has 3 aromatic carbocycles. The third-order valence-electron chi connectivity index (χ3n) is 6.41. The Morgan fingerprint density at radius 1 is 1.03 bits per heavy atom. The summed E-state index contributed by atoms with van der Waals surface area (Å²) >= 11 is 0. The van der Waals surface area contributed by atoms with Crippen LogP contribution in [-0.4, -0.2) is 36.4 Å². The second-order valence-electron chi connectivity index (χ2n) is 9.04. The van der Waals surface area contributed by atoms with Gasteiger partial charge in [-0.15, -0.1) is 0 Å². The number of methoxy groups -OCH3 is 1. The van der Waals surface area contributed by atoms with Gasteiger partial charge < -0.3 is 15.4 Å². The minimum atomic E-state index is -1.26. The lowest BCUT2D eigenvalue weighted by Gasteiger charge is -2.23. The highest BCUT2D eigenvalue weighted by Gasteiger charge is 2.49. The third kappa shape index (κ3) is 5.22. The van der Waals surface area contributed by atoms with Crippen LogP contribution in [0.3, 0.4) is 0 Å².